The molecule has 88 valence electrons. The summed E-state index contributed by atoms with van der Waals surface area (Å²) in [7, 11) is 0. The SMILES string of the molecule is CC1=CC(=O)CC(C)(C)C1.N=C=O.N=C=O. The van der Waals surface area contributed by atoms with E-state index in [-0.39, 0.29) is 11.2 Å². The summed E-state index contributed by atoms with van der Waals surface area (Å²) in [6.45, 7) is 6.31. The van der Waals surface area contributed by atoms with Gasteiger partial charge in [0.2, 0.25) is 12.2 Å². The van der Waals surface area contributed by atoms with Crippen LogP contribution < -0.4 is 0 Å². The van der Waals surface area contributed by atoms with Crippen molar-refractivity contribution in [2.45, 2.75) is 33.6 Å². The molecule has 0 saturated heterocycles. The van der Waals surface area contributed by atoms with Gasteiger partial charge in [0.25, 0.3) is 0 Å². The number of hydrogen-bond acceptors (Lipinski definition) is 5. The average Bonchev–Trinajstić information content (AvgIpc) is 2.00. The van der Waals surface area contributed by atoms with Gasteiger partial charge in [-0.1, -0.05) is 19.4 Å². The highest BCUT2D eigenvalue weighted by atomic mass is 16.1. The first-order valence-electron chi connectivity index (χ1n) is 4.60. The van der Waals surface area contributed by atoms with Gasteiger partial charge in [0.15, 0.2) is 5.78 Å². The fourth-order valence-electron chi connectivity index (χ4n) is 1.67. The maximum Gasteiger partial charge on any atom is 0.231 e. The van der Waals surface area contributed by atoms with Crippen LogP contribution in [0.15, 0.2) is 11.6 Å². The predicted molar refractivity (Wildman–Crippen MR) is 58.6 cm³/mol. The van der Waals surface area contributed by atoms with Crippen LogP contribution in [0.1, 0.15) is 33.6 Å². The van der Waals surface area contributed by atoms with Gasteiger partial charge in [-0.15, -0.1) is 0 Å². The van der Waals surface area contributed by atoms with Crippen LogP contribution in [-0.2, 0) is 14.4 Å². The second-order valence-corrected chi connectivity index (χ2v) is 4.18. The van der Waals surface area contributed by atoms with E-state index in [9.17, 15) is 4.79 Å². The molecule has 0 bridgehead atoms. The van der Waals surface area contributed by atoms with Crippen LogP contribution in [0.4, 0.5) is 0 Å². The third kappa shape index (κ3) is 10.3. The van der Waals surface area contributed by atoms with Crippen LogP contribution in [0.3, 0.4) is 0 Å². The molecule has 0 atom stereocenters. The zero-order chi connectivity index (χ0) is 13.2. The van der Waals surface area contributed by atoms with Crippen molar-refractivity contribution in [3.63, 3.8) is 0 Å². The molecular weight excluding hydrogens is 208 g/mol. The molecule has 5 heteroatoms. The summed E-state index contributed by atoms with van der Waals surface area (Å²) in [5.74, 6) is 0.286. The molecule has 2 N–H and O–H groups in total. The maximum atomic E-state index is 11.0. The second kappa shape index (κ2) is 8.48. The highest BCUT2D eigenvalue weighted by molar-refractivity contribution is 5.91. The molecule has 0 heterocycles. The zero-order valence-corrected chi connectivity index (χ0v) is 9.72. The van der Waals surface area contributed by atoms with E-state index in [1.165, 1.54) is 5.57 Å². The van der Waals surface area contributed by atoms with Gasteiger partial charge in [-0.05, 0) is 24.8 Å². The summed E-state index contributed by atoms with van der Waals surface area (Å²) < 4.78 is 0. The minimum atomic E-state index is 0.204. The molecule has 0 spiro atoms. The fourth-order valence-corrected chi connectivity index (χ4v) is 1.67. The molecular formula is C11H16N2O3. The van der Waals surface area contributed by atoms with E-state index in [2.05, 4.69) is 13.8 Å². The van der Waals surface area contributed by atoms with E-state index in [1.807, 2.05) is 6.92 Å². The predicted octanol–water partition coefficient (Wildman–Crippen LogP) is 2.12. The molecule has 0 saturated carbocycles. The van der Waals surface area contributed by atoms with Gasteiger partial charge in [-0.2, -0.15) is 0 Å². The van der Waals surface area contributed by atoms with Crippen molar-refractivity contribution in [1.29, 1.82) is 10.8 Å². The number of carbonyl (C=O) groups is 1. The number of rotatable bonds is 0. The van der Waals surface area contributed by atoms with Crippen molar-refractivity contribution in [2.75, 3.05) is 0 Å². The van der Waals surface area contributed by atoms with Crippen molar-refractivity contribution in [2.24, 2.45) is 5.41 Å². The molecule has 5 nitrogen and oxygen atoms in total. The Bertz CT molecular complexity index is 319. The second-order valence-electron chi connectivity index (χ2n) is 4.18. The number of carbonyl (C=O) groups excluding carboxylic acids is 3. The Morgan fingerprint density at radius 2 is 1.56 bits per heavy atom. The van der Waals surface area contributed by atoms with Gasteiger partial charge in [-0.3, -0.25) is 4.79 Å². The molecule has 0 fully saturated rings. The van der Waals surface area contributed by atoms with E-state index in [0.717, 1.165) is 18.6 Å². The van der Waals surface area contributed by atoms with Crippen molar-refractivity contribution < 1.29 is 14.4 Å². The van der Waals surface area contributed by atoms with Gasteiger partial charge >= 0.3 is 0 Å². The Balaban J connectivity index is 0. The Hall–Kier alpha value is -1.83. The minimum absolute atomic E-state index is 0.204. The van der Waals surface area contributed by atoms with Crippen molar-refractivity contribution in [1.82, 2.24) is 0 Å². The number of ketones is 1. The summed E-state index contributed by atoms with van der Waals surface area (Å²) in [6, 6.07) is 0. The van der Waals surface area contributed by atoms with Crippen LogP contribution in [0, 0.1) is 16.2 Å². The maximum absolute atomic E-state index is 11.0. The molecule has 0 amide bonds. The van der Waals surface area contributed by atoms with E-state index in [0.29, 0.717) is 6.42 Å². The van der Waals surface area contributed by atoms with E-state index in [1.54, 1.807) is 6.08 Å². The molecule has 1 aliphatic rings. The standard InChI is InChI=1S/C9H14O.2CHNO/c1-7-4-8(10)6-9(2,3)5-7;2*2-1-3/h4H,5-6H2,1-3H3;2*2H. The van der Waals surface area contributed by atoms with Gasteiger partial charge in [0.1, 0.15) is 0 Å². The average molecular weight is 224 g/mol. The van der Waals surface area contributed by atoms with Crippen LogP contribution in [-0.4, -0.2) is 17.9 Å². The highest BCUT2D eigenvalue weighted by Crippen LogP contribution is 2.32. The van der Waals surface area contributed by atoms with E-state index in [4.69, 9.17) is 20.4 Å². The van der Waals surface area contributed by atoms with Crippen molar-refractivity contribution in [3.8, 4) is 0 Å². The molecule has 0 unspecified atom stereocenters. The Kier molecular flexibility index (Phi) is 8.79. The van der Waals surface area contributed by atoms with Gasteiger partial charge < -0.3 is 0 Å². The topological polar surface area (TPSA) is 98.9 Å². The lowest BCUT2D eigenvalue weighted by atomic mass is 9.77. The zero-order valence-electron chi connectivity index (χ0n) is 9.72. The van der Waals surface area contributed by atoms with Crippen molar-refractivity contribution in [3.05, 3.63) is 11.6 Å². The number of allylic oxidation sites excluding steroid dienone is 2. The first kappa shape index (κ1) is 16.6. The van der Waals surface area contributed by atoms with E-state index < -0.39 is 0 Å². The summed E-state index contributed by atoms with van der Waals surface area (Å²) in [4.78, 5) is 27.7. The van der Waals surface area contributed by atoms with Crippen LogP contribution in [0.25, 0.3) is 0 Å². The molecule has 0 aromatic heterocycles. The monoisotopic (exact) mass is 224 g/mol. The first-order chi connectivity index (χ1) is 7.32. The molecule has 0 radical (unpaired) electrons. The summed E-state index contributed by atoms with van der Waals surface area (Å²) >= 11 is 0. The Labute approximate surface area is 94.6 Å². The molecule has 16 heavy (non-hydrogen) atoms. The van der Waals surface area contributed by atoms with Crippen LogP contribution in [0.5, 0.6) is 0 Å². The summed E-state index contributed by atoms with van der Waals surface area (Å²) in [6.07, 6.45) is 5.05. The van der Waals surface area contributed by atoms with Crippen LogP contribution >= 0.6 is 0 Å². The molecule has 0 aromatic carbocycles. The smallest absolute Gasteiger partial charge is 0.231 e. The lowest BCUT2D eigenvalue weighted by molar-refractivity contribution is -0.117. The first-order valence-corrected chi connectivity index (χ1v) is 4.60. The normalized spacial score (nSPS) is 16.2. The third-order valence-corrected chi connectivity index (χ3v) is 1.82. The fraction of sp³-hybridized carbons (Fsp3) is 0.545. The highest BCUT2D eigenvalue weighted by Gasteiger charge is 2.25. The third-order valence-electron chi connectivity index (χ3n) is 1.82. The summed E-state index contributed by atoms with van der Waals surface area (Å²) in [5.41, 5.74) is 1.43. The van der Waals surface area contributed by atoms with Gasteiger partial charge in [-0.25, -0.2) is 20.4 Å². The van der Waals surface area contributed by atoms with Gasteiger partial charge in [0.05, 0.1) is 0 Å². The van der Waals surface area contributed by atoms with Crippen LogP contribution in [0.2, 0.25) is 0 Å². The lowest BCUT2D eigenvalue weighted by Gasteiger charge is -2.27. The number of isocyanates is 2. The minimum Gasteiger partial charge on any atom is -0.295 e. The van der Waals surface area contributed by atoms with E-state index >= 15 is 0 Å². The number of nitrogens with one attached hydrogen (secondary N) is 2. The molecule has 0 aliphatic heterocycles. The molecule has 1 rings (SSSR count). The Morgan fingerprint density at radius 1 is 1.19 bits per heavy atom. The Morgan fingerprint density at radius 3 is 1.81 bits per heavy atom. The quantitative estimate of drug-likeness (QED) is 0.487. The molecule has 1 aliphatic carbocycles. The molecule has 0 aromatic rings. The largest absolute Gasteiger partial charge is 0.295 e. The van der Waals surface area contributed by atoms with Gasteiger partial charge in [0, 0.05) is 6.42 Å². The summed E-state index contributed by atoms with van der Waals surface area (Å²) in [5, 5.41) is 10.8. The number of hydrogen-bond donors (Lipinski definition) is 2. The van der Waals surface area contributed by atoms with Crippen molar-refractivity contribution >= 4 is 17.9 Å². The lowest BCUT2D eigenvalue weighted by Crippen LogP contribution is -2.20.